The number of rotatable bonds is 5. The van der Waals surface area contributed by atoms with Gasteiger partial charge in [-0.05, 0) is 23.3 Å². The molecule has 1 aromatic rings. The molecular weight excluding hydrogens is 386 g/mol. The molecular formula is C21H19N5O4. The molecule has 0 unspecified atom stereocenters. The predicted octanol–water partition coefficient (Wildman–Crippen LogP) is 0.999. The number of ether oxygens (including phenoxy) is 3. The van der Waals surface area contributed by atoms with Gasteiger partial charge in [0.1, 0.15) is 6.07 Å². The van der Waals surface area contributed by atoms with E-state index in [-0.39, 0.29) is 30.2 Å². The summed E-state index contributed by atoms with van der Waals surface area (Å²) in [5.41, 5.74) is 10.9. The smallest absolute Gasteiger partial charge is 0.255 e. The molecule has 2 atom stereocenters. The highest BCUT2D eigenvalue weighted by molar-refractivity contribution is 5.75. The molecule has 3 rings (SSSR count). The molecule has 0 saturated carbocycles. The van der Waals surface area contributed by atoms with Gasteiger partial charge in [-0.25, -0.2) is 0 Å². The van der Waals surface area contributed by atoms with Crippen molar-refractivity contribution in [1.29, 1.82) is 15.8 Å². The Kier molecular flexibility index (Phi) is 5.64. The molecule has 4 N–H and O–H groups in total. The van der Waals surface area contributed by atoms with Gasteiger partial charge in [-0.1, -0.05) is 12.1 Å². The second-order valence-electron chi connectivity index (χ2n) is 6.88. The third kappa shape index (κ3) is 3.20. The molecule has 9 nitrogen and oxygen atoms in total. The minimum absolute atomic E-state index is 0.0835. The molecule has 30 heavy (non-hydrogen) atoms. The van der Waals surface area contributed by atoms with Gasteiger partial charge in [0.2, 0.25) is 0 Å². The van der Waals surface area contributed by atoms with Crippen LogP contribution in [0.1, 0.15) is 11.5 Å². The number of nitriles is 3. The van der Waals surface area contributed by atoms with Crippen molar-refractivity contribution in [3.8, 4) is 29.7 Å². The molecule has 1 aromatic carbocycles. The first-order valence-corrected chi connectivity index (χ1v) is 9.03. The topological polar surface area (TPSA) is 168 Å². The van der Waals surface area contributed by atoms with E-state index in [4.69, 9.17) is 25.7 Å². The van der Waals surface area contributed by atoms with Gasteiger partial charge in [0.15, 0.2) is 23.5 Å². The maximum absolute atomic E-state index is 11.1. The van der Waals surface area contributed by atoms with Crippen LogP contribution in [0.4, 0.5) is 0 Å². The van der Waals surface area contributed by atoms with Crippen molar-refractivity contribution in [3.05, 3.63) is 46.7 Å². The zero-order chi connectivity index (χ0) is 21.9. The van der Waals surface area contributed by atoms with E-state index in [9.17, 15) is 20.6 Å². The average molecular weight is 405 g/mol. The summed E-state index contributed by atoms with van der Waals surface area (Å²) in [6.07, 6.45) is 1.75. The number of nitrogens with two attached hydrogens (primary N) is 2. The zero-order valence-corrected chi connectivity index (χ0v) is 16.2. The Balaban J connectivity index is 2.23. The average Bonchev–Trinajstić information content (AvgIpc) is 2.76. The summed E-state index contributed by atoms with van der Waals surface area (Å²) in [4.78, 5) is 11.1. The van der Waals surface area contributed by atoms with Crippen LogP contribution in [0.5, 0.6) is 11.5 Å². The number of amides is 1. The van der Waals surface area contributed by atoms with Crippen molar-refractivity contribution in [2.45, 2.75) is 5.92 Å². The van der Waals surface area contributed by atoms with Crippen molar-refractivity contribution >= 4 is 5.91 Å². The molecule has 0 saturated heterocycles. The van der Waals surface area contributed by atoms with E-state index in [0.717, 1.165) is 0 Å². The van der Waals surface area contributed by atoms with Crippen LogP contribution in [0.2, 0.25) is 0 Å². The van der Waals surface area contributed by atoms with Crippen molar-refractivity contribution in [1.82, 2.24) is 0 Å². The van der Waals surface area contributed by atoms with Crippen molar-refractivity contribution < 1.29 is 19.0 Å². The number of allylic oxidation sites excluding steroid dienone is 2. The summed E-state index contributed by atoms with van der Waals surface area (Å²) in [5.74, 6) is -1.27. The molecule has 0 radical (unpaired) electrons. The molecule has 0 aromatic heterocycles. The van der Waals surface area contributed by atoms with Gasteiger partial charge in [-0.15, -0.1) is 0 Å². The standard InChI is InChI=1S/C21H19N5O4/c1-28-16-3-2-12(6-17(16)30-9-18(25)27)19-15-8-29-5-4-13(15)14(7-22)20(26)21(19,10-23)11-24/h2-4,6,15,19H,5,8-9,26H2,1H3,(H2,25,27)/t15-,19+/m0/s1. The lowest BCUT2D eigenvalue weighted by molar-refractivity contribution is -0.119. The molecule has 152 valence electrons. The van der Waals surface area contributed by atoms with Gasteiger partial charge < -0.3 is 25.7 Å². The number of carbonyl (C=O) groups excluding carboxylic acids is 1. The maximum Gasteiger partial charge on any atom is 0.255 e. The minimum atomic E-state index is -1.79. The molecule has 9 heteroatoms. The first-order valence-electron chi connectivity index (χ1n) is 9.03. The summed E-state index contributed by atoms with van der Waals surface area (Å²) in [5, 5.41) is 29.7. The Morgan fingerprint density at radius 2 is 2.03 bits per heavy atom. The molecule has 2 aliphatic rings. The van der Waals surface area contributed by atoms with E-state index < -0.39 is 23.2 Å². The van der Waals surface area contributed by atoms with Crippen molar-refractivity contribution in [2.24, 2.45) is 22.8 Å². The third-order valence-corrected chi connectivity index (χ3v) is 5.35. The van der Waals surface area contributed by atoms with Crippen LogP contribution in [0.15, 0.2) is 41.1 Å². The van der Waals surface area contributed by atoms with Crippen LogP contribution >= 0.6 is 0 Å². The van der Waals surface area contributed by atoms with E-state index in [2.05, 4.69) is 0 Å². The second-order valence-corrected chi connectivity index (χ2v) is 6.88. The Hall–Kier alpha value is -4.00. The molecule has 1 amide bonds. The first kappa shape index (κ1) is 20.7. The van der Waals surface area contributed by atoms with Crippen LogP contribution in [0.25, 0.3) is 0 Å². The van der Waals surface area contributed by atoms with E-state index in [1.165, 1.54) is 7.11 Å². The Morgan fingerprint density at radius 3 is 2.63 bits per heavy atom. The SMILES string of the molecule is COc1ccc([C@@H]2[C@H]3COCC=C3C(C#N)=C(N)C2(C#N)C#N)cc1OCC(N)=O. The number of hydrogen-bond donors (Lipinski definition) is 2. The Morgan fingerprint density at radius 1 is 1.30 bits per heavy atom. The first-order chi connectivity index (χ1) is 14.4. The van der Waals surface area contributed by atoms with Crippen molar-refractivity contribution in [3.63, 3.8) is 0 Å². The number of fused-ring (bicyclic) bond motifs is 1. The van der Waals surface area contributed by atoms with Crippen LogP contribution in [0.3, 0.4) is 0 Å². The lowest BCUT2D eigenvalue weighted by Gasteiger charge is -2.43. The maximum atomic E-state index is 11.1. The molecule has 0 bridgehead atoms. The van der Waals surface area contributed by atoms with Gasteiger partial charge in [0.05, 0.1) is 43.7 Å². The highest BCUT2D eigenvalue weighted by atomic mass is 16.5. The van der Waals surface area contributed by atoms with E-state index in [0.29, 0.717) is 23.5 Å². The minimum Gasteiger partial charge on any atom is -0.493 e. The van der Waals surface area contributed by atoms with E-state index >= 15 is 0 Å². The van der Waals surface area contributed by atoms with Gasteiger partial charge >= 0.3 is 0 Å². The summed E-state index contributed by atoms with van der Waals surface area (Å²) in [6.45, 7) is 0.146. The number of hydrogen-bond acceptors (Lipinski definition) is 8. The highest BCUT2D eigenvalue weighted by Crippen LogP contribution is 2.54. The lowest BCUT2D eigenvalue weighted by Crippen LogP contribution is -2.44. The molecule has 1 aliphatic heterocycles. The molecule has 1 heterocycles. The van der Waals surface area contributed by atoms with Gasteiger partial charge in [-0.2, -0.15) is 15.8 Å². The number of nitrogens with zero attached hydrogens (tertiary/aromatic N) is 3. The van der Waals surface area contributed by atoms with Crippen molar-refractivity contribution in [2.75, 3.05) is 26.9 Å². The zero-order valence-electron chi connectivity index (χ0n) is 16.2. The summed E-state index contributed by atoms with van der Waals surface area (Å²) >= 11 is 0. The fraction of sp³-hybridized carbons (Fsp3) is 0.333. The molecule has 1 aliphatic carbocycles. The number of methoxy groups -OCH3 is 1. The molecule has 0 fully saturated rings. The van der Waals surface area contributed by atoms with E-state index in [1.54, 1.807) is 24.3 Å². The Labute approximate surface area is 173 Å². The molecule has 0 spiro atoms. The largest absolute Gasteiger partial charge is 0.493 e. The predicted molar refractivity (Wildman–Crippen MR) is 103 cm³/mol. The fourth-order valence-corrected chi connectivity index (χ4v) is 4.01. The Bertz CT molecular complexity index is 1060. The summed E-state index contributed by atoms with van der Waals surface area (Å²) in [7, 11) is 1.44. The van der Waals surface area contributed by atoms with Crippen LogP contribution in [0, 0.1) is 45.3 Å². The van der Waals surface area contributed by atoms with Crippen LogP contribution in [-0.4, -0.2) is 32.8 Å². The second kappa shape index (κ2) is 8.16. The number of carbonyl (C=O) groups is 1. The normalized spacial score (nSPS) is 21.9. The monoisotopic (exact) mass is 405 g/mol. The summed E-state index contributed by atoms with van der Waals surface area (Å²) < 4.78 is 16.3. The number of primary amides is 1. The van der Waals surface area contributed by atoms with Gasteiger partial charge in [0, 0.05) is 11.8 Å². The van der Waals surface area contributed by atoms with Gasteiger partial charge in [-0.3, -0.25) is 4.79 Å². The highest BCUT2D eigenvalue weighted by Gasteiger charge is 2.54. The quantitative estimate of drug-likeness (QED) is 0.731. The van der Waals surface area contributed by atoms with Gasteiger partial charge in [0.25, 0.3) is 5.91 Å². The van der Waals surface area contributed by atoms with Crippen LogP contribution in [-0.2, 0) is 9.53 Å². The number of benzene rings is 1. The lowest BCUT2D eigenvalue weighted by atomic mass is 9.58. The summed E-state index contributed by atoms with van der Waals surface area (Å²) in [6, 6.07) is 11.0. The third-order valence-electron chi connectivity index (χ3n) is 5.35. The van der Waals surface area contributed by atoms with E-state index in [1.807, 2.05) is 18.2 Å². The van der Waals surface area contributed by atoms with Crippen LogP contribution < -0.4 is 20.9 Å². The fourth-order valence-electron chi connectivity index (χ4n) is 4.01.